The van der Waals surface area contributed by atoms with E-state index in [1.165, 1.54) is 36.0 Å². The van der Waals surface area contributed by atoms with Gasteiger partial charge in [0.2, 0.25) is 0 Å². The molecule has 1 aliphatic heterocycles. The van der Waals surface area contributed by atoms with Crippen molar-refractivity contribution in [1.82, 2.24) is 14.5 Å². The van der Waals surface area contributed by atoms with Crippen molar-refractivity contribution in [3.63, 3.8) is 0 Å². The summed E-state index contributed by atoms with van der Waals surface area (Å²) in [7, 11) is 0. The third-order valence-corrected chi connectivity index (χ3v) is 5.92. The van der Waals surface area contributed by atoms with Crippen LogP contribution in [0.4, 0.5) is 0 Å². The molecule has 0 amide bonds. The van der Waals surface area contributed by atoms with Crippen molar-refractivity contribution in [3.8, 4) is 11.4 Å². The highest BCUT2D eigenvalue weighted by Gasteiger charge is 2.21. The molecule has 27 heavy (non-hydrogen) atoms. The molecule has 0 spiro atoms. The van der Waals surface area contributed by atoms with Crippen LogP contribution in [0.2, 0.25) is 0 Å². The van der Waals surface area contributed by atoms with Crippen molar-refractivity contribution in [2.75, 3.05) is 19.6 Å². The van der Waals surface area contributed by atoms with E-state index in [-0.39, 0.29) is 16.5 Å². The van der Waals surface area contributed by atoms with Crippen LogP contribution in [0.5, 0.6) is 0 Å². The number of rotatable bonds is 5. The van der Waals surface area contributed by atoms with Crippen LogP contribution in [0.1, 0.15) is 29.6 Å². The number of carboxylic acid groups (broad SMARTS) is 1. The molecular formula is C20H21N3O3S. The highest BCUT2D eigenvalue weighted by atomic mass is 32.1. The molecule has 140 valence electrons. The molecule has 1 aliphatic rings. The van der Waals surface area contributed by atoms with Gasteiger partial charge in [0.05, 0.1) is 10.9 Å². The maximum Gasteiger partial charge on any atom is 0.337 e. The molecule has 1 saturated heterocycles. The van der Waals surface area contributed by atoms with Crippen molar-refractivity contribution in [3.05, 3.63) is 51.6 Å². The van der Waals surface area contributed by atoms with E-state index >= 15 is 0 Å². The number of nitrogens with zero attached hydrogens (tertiary/aromatic N) is 3. The molecule has 0 unspecified atom stereocenters. The highest BCUT2D eigenvalue weighted by Crippen LogP contribution is 2.25. The van der Waals surface area contributed by atoms with Gasteiger partial charge in [-0.3, -0.25) is 9.36 Å². The number of hydrogen-bond acceptors (Lipinski definition) is 5. The minimum atomic E-state index is -1.09. The van der Waals surface area contributed by atoms with Gasteiger partial charge in [-0.15, -0.1) is 11.3 Å². The number of benzene rings is 1. The summed E-state index contributed by atoms with van der Waals surface area (Å²) < 4.78 is 1.64. The van der Waals surface area contributed by atoms with Crippen LogP contribution < -0.4 is 5.56 Å². The zero-order valence-corrected chi connectivity index (χ0v) is 15.7. The van der Waals surface area contributed by atoms with E-state index in [4.69, 9.17) is 0 Å². The van der Waals surface area contributed by atoms with Crippen molar-refractivity contribution in [2.45, 2.75) is 25.8 Å². The van der Waals surface area contributed by atoms with E-state index in [2.05, 4.69) is 9.88 Å². The summed E-state index contributed by atoms with van der Waals surface area (Å²) in [4.78, 5) is 32.3. The molecule has 1 aromatic carbocycles. The first-order valence-corrected chi connectivity index (χ1v) is 10.1. The first-order chi connectivity index (χ1) is 13.1. The van der Waals surface area contributed by atoms with Gasteiger partial charge in [-0.05, 0) is 25.9 Å². The molecule has 1 N–H and O–H groups in total. The predicted molar refractivity (Wildman–Crippen MR) is 107 cm³/mol. The summed E-state index contributed by atoms with van der Waals surface area (Å²) in [6.45, 7) is 3.36. The Bertz CT molecular complexity index is 1020. The molecule has 0 bridgehead atoms. The van der Waals surface area contributed by atoms with Gasteiger partial charge in [0.15, 0.2) is 0 Å². The molecule has 3 aromatic rings. The van der Waals surface area contributed by atoms with Gasteiger partial charge in [-0.2, -0.15) is 0 Å². The van der Waals surface area contributed by atoms with Crippen LogP contribution in [-0.2, 0) is 6.54 Å². The first-order valence-electron chi connectivity index (χ1n) is 9.18. The number of hydrogen-bond donors (Lipinski definition) is 1. The second-order valence-corrected chi connectivity index (χ2v) is 7.65. The molecule has 6 nitrogen and oxygen atoms in total. The Balaban J connectivity index is 1.81. The summed E-state index contributed by atoms with van der Waals surface area (Å²) in [5.41, 5.74) is 0.633. The van der Waals surface area contributed by atoms with Crippen LogP contribution in [-0.4, -0.2) is 45.2 Å². The van der Waals surface area contributed by atoms with E-state index in [9.17, 15) is 14.7 Å². The highest BCUT2D eigenvalue weighted by molar-refractivity contribution is 7.17. The quantitative estimate of drug-likeness (QED) is 0.732. The predicted octanol–water partition coefficient (Wildman–Crippen LogP) is 3.31. The summed E-state index contributed by atoms with van der Waals surface area (Å²) in [5, 5.41) is 11.1. The van der Waals surface area contributed by atoms with E-state index < -0.39 is 5.97 Å². The van der Waals surface area contributed by atoms with Gasteiger partial charge in [0.25, 0.3) is 5.56 Å². The molecule has 0 saturated carbocycles. The van der Waals surface area contributed by atoms with Crippen LogP contribution in [0.15, 0.2) is 40.5 Å². The fourth-order valence-corrected chi connectivity index (χ4v) is 4.52. The lowest BCUT2D eigenvalue weighted by Gasteiger charge is -2.27. The summed E-state index contributed by atoms with van der Waals surface area (Å²) in [6.07, 6.45) is 3.63. The molecular weight excluding hydrogens is 362 g/mol. The lowest BCUT2D eigenvalue weighted by molar-refractivity contribution is 0.0699. The minimum Gasteiger partial charge on any atom is -0.478 e. The van der Waals surface area contributed by atoms with Gasteiger partial charge in [0.1, 0.15) is 10.7 Å². The van der Waals surface area contributed by atoms with Crippen LogP contribution in [0.25, 0.3) is 21.6 Å². The second-order valence-electron chi connectivity index (χ2n) is 6.80. The number of fused-ring (bicyclic) bond motifs is 1. The minimum absolute atomic E-state index is 0.0406. The molecule has 3 heterocycles. The summed E-state index contributed by atoms with van der Waals surface area (Å²) in [6, 6.07) is 9.61. The van der Waals surface area contributed by atoms with Crippen LogP contribution >= 0.6 is 11.3 Å². The Morgan fingerprint density at radius 2 is 1.85 bits per heavy atom. The molecule has 0 atom stereocenters. The van der Waals surface area contributed by atoms with Gasteiger partial charge >= 0.3 is 5.97 Å². The van der Waals surface area contributed by atoms with E-state index in [0.717, 1.165) is 25.2 Å². The van der Waals surface area contributed by atoms with Gasteiger partial charge in [0, 0.05) is 24.0 Å². The monoisotopic (exact) mass is 383 g/mol. The molecule has 2 aromatic heterocycles. The van der Waals surface area contributed by atoms with Gasteiger partial charge in [-0.25, -0.2) is 9.78 Å². The Morgan fingerprint density at radius 3 is 2.56 bits per heavy atom. The largest absolute Gasteiger partial charge is 0.478 e. The topological polar surface area (TPSA) is 75.4 Å². The van der Waals surface area contributed by atoms with Gasteiger partial charge in [-0.1, -0.05) is 36.8 Å². The molecule has 0 radical (unpaired) electrons. The number of piperidine rings is 1. The van der Waals surface area contributed by atoms with E-state index in [1.807, 2.05) is 30.3 Å². The number of carboxylic acids is 1. The zero-order valence-electron chi connectivity index (χ0n) is 14.9. The number of likely N-dealkylation sites (tertiary alicyclic amines) is 1. The molecule has 1 fully saturated rings. The SMILES string of the molecule is O=C(O)c1csc2nc(-c3ccccc3)n(CCN3CCCCC3)c(=O)c12. The van der Waals surface area contributed by atoms with E-state index in [1.54, 1.807) is 4.57 Å². The standard InChI is InChI=1S/C20H21N3O3S/c24-19-16-15(20(25)26)13-27-18(16)21-17(14-7-3-1-4-8-14)23(19)12-11-22-9-5-2-6-10-22/h1,3-4,7-8,13H,2,5-6,9-12H2,(H,25,26). The maximum atomic E-state index is 13.2. The molecule has 4 rings (SSSR count). The lowest BCUT2D eigenvalue weighted by atomic mass is 10.1. The van der Waals surface area contributed by atoms with Crippen molar-refractivity contribution in [2.24, 2.45) is 0 Å². The normalized spacial score (nSPS) is 15.3. The molecule has 7 heteroatoms. The fraction of sp³-hybridized carbons (Fsp3) is 0.350. The van der Waals surface area contributed by atoms with Gasteiger partial charge < -0.3 is 10.0 Å². The fourth-order valence-electron chi connectivity index (χ4n) is 3.62. The van der Waals surface area contributed by atoms with E-state index in [0.29, 0.717) is 17.2 Å². The summed E-state index contributed by atoms with van der Waals surface area (Å²) in [5.74, 6) is -0.487. The number of aromatic nitrogens is 2. The summed E-state index contributed by atoms with van der Waals surface area (Å²) >= 11 is 1.20. The maximum absolute atomic E-state index is 13.2. The Morgan fingerprint density at radius 1 is 1.11 bits per heavy atom. The second kappa shape index (κ2) is 7.62. The van der Waals surface area contributed by atoms with Crippen molar-refractivity contribution >= 4 is 27.5 Å². The number of aromatic carboxylic acids is 1. The van der Waals surface area contributed by atoms with Crippen molar-refractivity contribution < 1.29 is 9.90 Å². The lowest BCUT2D eigenvalue weighted by Crippen LogP contribution is -2.35. The smallest absolute Gasteiger partial charge is 0.337 e. The zero-order chi connectivity index (χ0) is 18.8. The third-order valence-electron chi connectivity index (χ3n) is 5.04. The average molecular weight is 383 g/mol. The average Bonchev–Trinajstić information content (AvgIpc) is 3.13. The van der Waals surface area contributed by atoms with Crippen LogP contribution in [0, 0.1) is 0 Å². The Hall–Kier alpha value is -2.51. The van der Waals surface area contributed by atoms with Crippen LogP contribution in [0.3, 0.4) is 0 Å². The number of thiophene rings is 1. The Kier molecular flexibility index (Phi) is 5.05. The van der Waals surface area contributed by atoms with Crippen molar-refractivity contribution in [1.29, 1.82) is 0 Å². The first kappa shape index (κ1) is 17.9. The third kappa shape index (κ3) is 3.52. The molecule has 0 aliphatic carbocycles. The number of carbonyl (C=O) groups is 1. The Labute approximate surface area is 160 Å².